The Hall–Kier alpha value is -2.44. The molecule has 24 heavy (non-hydrogen) atoms. The summed E-state index contributed by atoms with van der Waals surface area (Å²) in [6, 6.07) is 2.08. The van der Waals surface area contributed by atoms with Crippen LogP contribution < -0.4 is 4.90 Å². The molecule has 0 bridgehead atoms. The summed E-state index contributed by atoms with van der Waals surface area (Å²) in [5.41, 5.74) is 4.09. The van der Waals surface area contributed by atoms with E-state index in [1.165, 1.54) is 0 Å². The van der Waals surface area contributed by atoms with Crippen LogP contribution in [-0.4, -0.2) is 31.8 Å². The fraction of sp³-hybridized carbons (Fsp3) is 0.529. The molecule has 3 aromatic rings. The Labute approximate surface area is 140 Å². The molecule has 0 aromatic carbocycles. The van der Waals surface area contributed by atoms with E-state index in [1.807, 2.05) is 18.5 Å². The SMILES string of the molecule is CCc1cc(N(C)Cc2noc(C3CC3)n2)n2nc(C)c(C)c2n1. The fourth-order valence-corrected chi connectivity index (χ4v) is 2.84. The summed E-state index contributed by atoms with van der Waals surface area (Å²) in [6.45, 7) is 6.77. The third-order valence-corrected chi connectivity index (χ3v) is 4.63. The van der Waals surface area contributed by atoms with Gasteiger partial charge in [-0.2, -0.15) is 14.6 Å². The van der Waals surface area contributed by atoms with Crippen LogP contribution in [0.25, 0.3) is 5.65 Å². The Bertz CT molecular complexity index is 892. The highest BCUT2D eigenvalue weighted by molar-refractivity contribution is 5.56. The summed E-state index contributed by atoms with van der Waals surface area (Å²) in [5, 5.41) is 8.76. The van der Waals surface area contributed by atoms with Gasteiger partial charge >= 0.3 is 0 Å². The minimum absolute atomic E-state index is 0.479. The maximum atomic E-state index is 5.36. The first kappa shape index (κ1) is 15.1. The number of hydrogen-bond acceptors (Lipinski definition) is 6. The minimum atomic E-state index is 0.479. The Balaban J connectivity index is 1.69. The Morgan fingerprint density at radius 2 is 2.08 bits per heavy atom. The van der Waals surface area contributed by atoms with Gasteiger partial charge in [-0.15, -0.1) is 0 Å². The lowest BCUT2D eigenvalue weighted by Gasteiger charge is -2.19. The van der Waals surface area contributed by atoms with E-state index < -0.39 is 0 Å². The number of nitrogens with zero attached hydrogens (tertiary/aromatic N) is 6. The first-order chi connectivity index (χ1) is 11.6. The number of hydrogen-bond donors (Lipinski definition) is 0. The van der Waals surface area contributed by atoms with Crippen LogP contribution in [0.3, 0.4) is 0 Å². The van der Waals surface area contributed by atoms with Crippen molar-refractivity contribution in [2.75, 3.05) is 11.9 Å². The van der Waals surface area contributed by atoms with Gasteiger partial charge in [0.2, 0.25) is 5.89 Å². The molecule has 4 rings (SSSR count). The molecule has 0 atom stereocenters. The van der Waals surface area contributed by atoms with Crippen molar-refractivity contribution in [2.45, 2.75) is 52.5 Å². The van der Waals surface area contributed by atoms with Gasteiger partial charge in [-0.3, -0.25) is 0 Å². The first-order valence-corrected chi connectivity index (χ1v) is 8.46. The molecule has 0 saturated heterocycles. The van der Waals surface area contributed by atoms with Crippen LogP contribution in [0.2, 0.25) is 0 Å². The van der Waals surface area contributed by atoms with Crippen LogP contribution in [0, 0.1) is 13.8 Å². The maximum Gasteiger partial charge on any atom is 0.229 e. The van der Waals surface area contributed by atoms with Gasteiger partial charge in [-0.05, 0) is 33.1 Å². The van der Waals surface area contributed by atoms with Crippen LogP contribution in [0.4, 0.5) is 5.82 Å². The molecule has 0 aliphatic heterocycles. The summed E-state index contributed by atoms with van der Waals surface area (Å²) in [4.78, 5) is 11.3. The highest BCUT2D eigenvalue weighted by atomic mass is 16.5. The lowest BCUT2D eigenvalue weighted by molar-refractivity contribution is 0.374. The maximum absolute atomic E-state index is 5.36. The third-order valence-electron chi connectivity index (χ3n) is 4.63. The van der Waals surface area contributed by atoms with E-state index in [4.69, 9.17) is 9.51 Å². The lowest BCUT2D eigenvalue weighted by Crippen LogP contribution is -2.21. The average molecular weight is 326 g/mol. The quantitative estimate of drug-likeness (QED) is 0.718. The molecule has 1 saturated carbocycles. The molecule has 0 spiro atoms. The second-order valence-corrected chi connectivity index (χ2v) is 6.58. The molecule has 126 valence electrons. The smallest absolute Gasteiger partial charge is 0.229 e. The third kappa shape index (κ3) is 2.53. The fourth-order valence-electron chi connectivity index (χ4n) is 2.84. The first-order valence-electron chi connectivity index (χ1n) is 8.46. The monoisotopic (exact) mass is 326 g/mol. The second kappa shape index (κ2) is 5.58. The molecule has 0 N–H and O–H groups in total. The minimum Gasteiger partial charge on any atom is -0.352 e. The van der Waals surface area contributed by atoms with Gasteiger partial charge in [0.25, 0.3) is 0 Å². The van der Waals surface area contributed by atoms with Crippen molar-refractivity contribution in [3.8, 4) is 0 Å². The molecular weight excluding hydrogens is 304 g/mol. The van der Waals surface area contributed by atoms with Crippen molar-refractivity contribution in [3.05, 3.63) is 34.7 Å². The number of rotatable bonds is 5. The molecule has 1 aliphatic rings. The number of fused-ring (bicyclic) bond motifs is 1. The van der Waals surface area contributed by atoms with Crippen molar-refractivity contribution >= 4 is 11.5 Å². The van der Waals surface area contributed by atoms with Gasteiger partial charge in [-0.25, -0.2) is 4.98 Å². The van der Waals surface area contributed by atoms with Crippen LogP contribution in [-0.2, 0) is 13.0 Å². The summed E-state index contributed by atoms with van der Waals surface area (Å²) >= 11 is 0. The van der Waals surface area contributed by atoms with E-state index in [2.05, 4.69) is 40.1 Å². The molecule has 7 heteroatoms. The predicted octanol–water partition coefficient (Wildman–Crippen LogP) is 2.81. The van der Waals surface area contributed by atoms with Crippen molar-refractivity contribution < 1.29 is 4.52 Å². The van der Waals surface area contributed by atoms with Crippen molar-refractivity contribution in [3.63, 3.8) is 0 Å². The van der Waals surface area contributed by atoms with Crippen molar-refractivity contribution in [1.82, 2.24) is 24.7 Å². The van der Waals surface area contributed by atoms with Crippen LogP contribution in [0.1, 0.15) is 54.3 Å². The topological polar surface area (TPSA) is 72.4 Å². The molecular formula is C17H22N6O. The second-order valence-electron chi connectivity index (χ2n) is 6.58. The van der Waals surface area contributed by atoms with E-state index in [0.717, 1.165) is 53.6 Å². The standard InChI is InChI=1S/C17H22N6O/c1-5-13-8-15(23-16(18-13)10(2)11(3)20-23)22(4)9-14-19-17(24-21-14)12-6-7-12/h8,12H,5-7,9H2,1-4H3. The van der Waals surface area contributed by atoms with Crippen LogP contribution in [0.15, 0.2) is 10.6 Å². The normalized spacial score (nSPS) is 14.5. The van der Waals surface area contributed by atoms with E-state index in [0.29, 0.717) is 18.3 Å². The van der Waals surface area contributed by atoms with Gasteiger partial charge in [0.05, 0.1) is 12.2 Å². The van der Waals surface area contributed by atoms with Crippen molar-refractivity contribution in [2.24, 2.45) is 0 Å². The zero-order chi connectivity index (χ0) is 16.8. The van der Waals surface area contributed by atoms with Gasteiger partial charge in [0.15, 0.2) is 11.5 Å². The molecule has 0 unspecified atom stereocenters. The zero-order valence-corrected chi connectivity index (χ0v) is 14.6. The van der Waals surface area contributed by atoms with Gasteiger partial charge in [-0.1, -0.05) is 12.1 Å². The average Bonchev–Trinajstić information content (AvgIpc) is 3.26. The number of aromatic nitrogens is 5. The highest BCUT2D eigenvalue weighted by Crippen LogP contribution is 2.38. The molecule has 0 amide bonds. The van der Waals surface area contributed by atoms with E-state index >= 15 is 0 Å². The molecule has 1 fully saturated rings. The van der Waals surface area contributed by atoms with Crippen LogP contribution >= 0.6 is 0 Å². The van der Waals surface area contributed by atoms with E-state index in [1.54, 1.807) is 0 Å². The summed E-state index contributed by atoms with van der Waals surface area (Å²) in [6.07, 6.45) is 3.21. The van der Waals surface area contributed by atoms with E-state index in [-0.39, 0.29) is 0 Å². The summed E-state index contributed by atoms with van der Waals surface area (Å²) in [5.74, 6) is 2.96. The molecule has 7 nitrogen and oxygen atoms in total. The number of aryl methyl sites for hydroxylation is 3. The largest absolute Gasteiger partial charge is 0.352 e. The Morgan fingerprint density at radius 3 is 2.79 bits per heavy atom. The molecule has 3 aromatic heterocycles. The highest BCUT2D eigenvalue weighted by Gasteiger charge is 2.29. The predicted molar refractivity (Wildman–Crippen MR) is 90.2 cm³/mol. The summed E-state index contributed by atoms with van der Waals surface area (Å²) in [7, 11) is 2.02. The Kier molecular flexibility index (Phi) is 3.51. The summed E-state index contributed by atoms with van der Waals surface area (Å²) < 4.78 is 7.27. The van der Waals surface area contributed by atoms with Gasteiger partial charge in [0.1, 0.15) is 5.82 Å². The molecule has 0 radical (unpaired) electrons. The number of anilines is 1. The lowest BCUT2D eigenvalue weighted by atomic mass is 10.2. The molecule has 3 heterocycles. The van der Waals surface area contributed by atoms with Crippen LogP contribution in [0.5, 0.6) is 0 Å². The van der Waals surface area contributed by atoms with Gasteiger partial charge in [0, 0.05) is 30.3 Å². The Morgan fingerprint density at radius 1 is 1.29 bits per heavy atom. The van der Waals surface area contributed by atoms with Gasteiger partial charge < -0.3 is 9.42 Å². The van der Waals surface area contributed by atoms with E-state index in [9.17, 15) is 0 Å². The zero-order valence-electron chi connectivity index (χ0n) is 14.6. The van der Waals surface area contributed by atoms with Crippen molar-refractivity contribution in [1.29, 1.82) is 0 Å². The molecule has 1 aliphatic carbocycles.